The number of halogens is 2. The summed E-state index contributed by atoms with van der Waals surface area (Å²) in [5.74, 6) is -0.0390. The SMILES string of the molecule is O=C(NC1CCC2(CC1)CCN(c1ccc(F)cc1Cl)C2=O)c1cnn2ccc(N3CCN(C(=O)O)CC3)nc12. The average molecular weight is 570 g/mol. The van der Waals surface area contributed by atoms with Crippen LogP contribution < -0.4 is 15.1 Å². The highest BCUT2D eigenvalue weighted by Gasteiger charge is 2.49. The van der Waals surface area contributed by atoms with Gasteiger partial charge in [0.1, 0.15) is 17.2 Å². The number of piperazine rings is 1. The van der Waals surface area contributed by atoms with Crippen molar-refractivity contribution in [3.63, 3.8) is 0 Å². The zero-order valence-electron chi connectivity index (χ0n) is 21.7. The van der Waals surface area contributed by atoms with E-state index in [1.165, 1.54) is 23.2 Å². The number of anilines is 2. The molecule has 2 aromatic heterocycles. The van der Waals surface area contributed by atoms with E-state index in [9.17, 15) is 23.9 Å². The minimum atomic E-state index is -0.932. The summed E-state index contributed by atoms with van der Waals surface area (Å²) in [7, 11) is 0. The molecular weight excluding hydrogens is 541 g/mol. The summed E-state index contributed by atoms with van der Waals surface area (Å²) in [4.78, 5) is 47.6. The molecule has 2 aliphatic heterocycles. The molecule has 0 radical (unpaired) electrons. The van der Waals surface area contributed by atoms with Gasteiger partial charge in [0.15, 0.2) is 5.65 Å². The Bertz CT molecular complexity index is 1480. The number of nitrogens with one attached hydrogen (secondary N) is 1. The largest absolute Gasteiger partial charge is 0.465 e. The number of rotatable bonds is 4. The number of aromatic nitrogens is 3. The molecule has 2 saturated heterocycles. The molecule has 11 nitrogen and oxygen atoms in total. The fourth-order valence-electron chi connectivity index (χ4n) is 6.11. The highest BCUT2D eigenvalue weighted by molar-refractivity contribution is 6.34. The van der Waals surface area contributed by atoms with Crippen molar-refractivity contribution in [2.75, 3.05) is 42.5 Å². The molecule has 3 fully saturated rings. The van der Waals surface area contributed by atoms with Crippen LogP contribution in [0.3, 0.4) is 0 Å². The molecule has 4 heterocycles. The maximum atomic E-state index is 13.5. The number of carboxylic acid groups (broad SMARTS) is 1. The fourth-order valence-corrected chi connectivity index (χ4v) is 6.38. The van der Waals surface area contributed by atoms with Crippen LogP contribution in [-0.4, -0.2) is 81.3 Å². The summed E-state index contributed by atoms with van der Waals surface area (Å²) in [6.45, 7) is 2.32. The second-order valence-corrected chi connectivity index (χ2v) is 11.1. The molecule has 1 aromatic carbocycles. The number of hydrogen-bond donors (Lipinski definition) is 2. The Morgan fingerprint density at radius 3 is 2.52 bits per heavy atom. The molecule has 0 atom stereocenters. The van der Waals surface area contributed by atoms with E-state index < -0.39 is 17.3 Å². The normalized spacial score (nSPS) is 23.3. The molecule has 6 rings (SSSR count). The zero-order valence-corrected chi connectivity index (χ0v) is 22.5. The highest BCUT2D eigenvalue weighted by Crippen LogP contribution is 2.47. The summed E-state index contributed by atoms with van der Waals surface area (Å²) in [6, 6.07) is 5.80. The second kappa shape index (κ2) is 10.2. The van der Waals surface area contributed by atoms with Crippen LogP contribution in [0, 0.1) is 11.2 Å². The van der Waals surface area contributed by atoms with Gasteiger partial charge in [0.05, 0.1) is 22.3 Å². The van der Waals surface area contributed by atoms with E-state index in [-0.39, 0.29) is 22.9 Å². The lowest BCUT2D eigenvalue weighted by Crippen LogP contribution is -2.48. The molecular formula is C27H29ClFN7O4. The predicted molar refractivity (Wildman–Crippen MR) is 145 cm³/mol. The second-order valence-electron chi connectivity index (χ2n) is 10.7. The third kappa shape index (κ3) is 4.70. The minimum absolute atomic E-state index is 0.00864. The smallest absolute Gasteiger partial charge is 0.407 e. The number of carbonyl (C=O) groups is 3. The maximum Gasteiger partial charge on any atom is 0.407 e. The molecule has 1 spiro atoms. The average Bonchev–Trinajstić information content (AvgIpc) is 3.51. The number of hydrogen-bond acceptors (Lipinski definition) is 6. The van der Waals surface area contributed by atoms with Crippen LogP contribution in [0.2, 0.25) is 5.02 Å². The Labute approximate surface area is 234 Å². The van der Waals surface area contributed by atoms with Crippen molar-refractivity contribution in [1.29, 1.82) is 0 Å². The lowest BCUT2D eigenvalue weighted by molar-refractivity contribution is -0.127. The maximum absolute atomic E-state index is 13.5. The van der Waals surface area contributed by atoms with Crippen molar-refractivity contribution in [2.24, 2.45) is 5.41 Å². The van der Waals surface area contributed by atoms with Gasteiger partial charge in [-0.3, -0.25) is 9.59 Å². The van der Waals surface area contributed by atoms with E-state index in [1.807, 2.05) is 4.90 Å². The molecule has 3 aliphatic rings. The molecule has 2 N–H and O–H groups in total. The monoisotopic (exact) mass is 569 g/mol. The van der Waals surface area contributed by atoms with Gasteiger partial charge < -0.3 is 25.1 Å². The van der Waals surface area contributed by atoms with Crippen LogP contribution in [0.5, 0.6) is 0 Å². The van der Waals surface area contributed by atoms with Crippen LogP contribution in [0.1, 0.15) is 42.5 Å². The summed E-state index contributed by atoms with van der Waals surface area (Å²) in [6.07, 6.45) is 5.62. The van der Waals surface area contributed by atoms with E-state index in [2.05, 4.69) is 15.4 Å². The lowest BCUT2D eigenvalue weighted by Gasteiger charge is -2.36. The van der Waals surface area contributed by atoms with E-state index in [0.29, 0.717) is 87.5 Å². The van der Waals surface area contributed by atoms with E-state index in [1.54, 1.807) is 27.7 Å². The number of benzene rings is 1. The van der Waals surface area contributed by atoms with Crippen LogP contribution >= 0.6 is 11.6 Å². The molecule has 40 heavy (non-hydrogen) atoms. The van der Waals surface area contributed by atoms with Crippen LogP contribution in [0.25, 0.3) is 5.65 Å². The van der Waals surface area contributed by atoms with Gasteiger partial charge >= 0.3 is 6.09 Å². The van der Waals surface area contributed by atoms with Gasteiger partial charge in [0, 0.05) is 45.0 Å². The summed E-state index contributed by atoms with van der Waals surface area (Å²) >= 11 is 6.22. The Morgan fingerprint density at radius 1 is 1.07 bits per heavy atom. The van der Waals surface area contributed by atoms with Crippen molar-refractivity contribution in [3.05, 3.63) is 53.1 Å². The van der Waals surface area contributed by atoms with Gasteiger partial charge in [-0.1, -0.05) is 11.6 Å². The molecule has 210 valence electrons. The number of nitrogens with zero attached hydrogens (tertiary/aromatic N) is 6. The number of amides is 3. The third-order valence-corrected chi connectivity index (χ3v) is 8.77. The first-order valence-corrected chi connectivity index (χ1v) is 13.8. The molecule has 0 bridgehead atoms. The van der Waals surface area contributed by atoms with Gasteiger partial charge in [-0.05, 0) is 56.4 Å². The molecule has 1 aliphatic carbocycles. The first-order valence-electron chi connectivity index (χ1n) is 13.4. The Hall–Kier alpha value is -3.93. The Balaban J connectivity index is 1.10. The lowest BCUT2D eigenvalue weighted by atomic mass is 9.71. The fraction of sp³-hybridized carbons (Fsp3) is 0.444. The van der Waals surface area contributed by atoms with Crippen molar-refractivity contribution in [2.45, 2.75) is 38.1 Å². The topological polar surface area (TPSA) is 123 Å². The zero-order chi connectivity index (χ0) is 28.0. The quantitative estimate of drug-likeness (QED) is 0.493. The summed E-state index contributed by atoms with van der Waals surface area (Å²) in [5, 5.41) is 16.8. The van der Waals surface area contributed by atoms with Gasteiger partial charge in [0.2, 0.25) is 5.91 Å². The Morgan fingerprint density at radius 2 is 1.82 bits per heavy atom. The third-order valence-electron chi connectivity index (χ3n) is 8.46. The standard InChI is InChI=1S/C27H29ClFN7O4/c28-20-15-17(29)1-2-21(20)35-10-8-27(25(35)38)6-3-18(4-7-27)31-24(37)19-16-30-36-9-5-22(32-23(19)36)33-11-13-34(14-12-33)26(39)40/h1-2,5,9,15-16,18H,3-4,6-8,10-14H2,(H,31,37)(H,39,40). The van der Waals surface area contributed by atoms with Crippen molar-refractivity contribution >= 4 is 46.7 Å². The Kier molecular flexibility index (Phi) is 6.73. The van der Waals surface area contributed by atoms with E-state index >= 15 is 0 Å². The van der Waals surface area contributed by atoms with Crippen molar-refractivity contribution < 1.29 is 23.9 Å². The van der Waals surface area contributed by atoms with Gasteiger partial charge in [-0.15, -0.1) is 0 Å². The highest BCUT2D eigenvalue weighted by atomic mass is 35.5. The molecule has 1 saturated carbocycles. The predicted octanol–water partition coefficient (Wildman–Crippen LogP) is 3.42. The van der Waals surface area contributed by atoms with Crippen LogP contribution in [-0.2, 0) is 4.79 Å². The molecule has 3 aromatic rings. The minimum Gasteiger partial charge on any atom is -0.465 e. The summed E-state index contributed by atoms with van der Waals surface area (Å²) < 4.78 is 15.1. The first-order chi connectivity index (χ1) is 19.2. The number of fused-ring (bicyclic) bond motifs is 1. The molecule has 13 heteroatoms. The van der Waals surface area contributed by atoms with Crippen molar-refractivity contribution in [3.8, 4) is 0 Å². The van der Waals surface area contributed by atoms with Gasteiger partial charge in [0.25, 0.3) is 5.91 Å². The molecule has 0 unspecified atom stereocenters. The van der Waals surface area contributed by atoms with Gasteiger partial charge in [-0.2, -0.15) is 5.10 Å². The van der Waals surface area contributed by atoms with E-state index in [0.717, 1.165) is 0 Å². The van der Waals surface area contributed by atoms with Crippen molar-refractivity contribution in [1.82, 2.24) is 24.8 Å². The van der Waals surface area contributed by atoms with Gasteiger partial charge in [-0.25, -0.2) is 18.7 Å². The van der Waals surface area contributed by atoms with Crippen LogP contribution in [0.15, 0.2) is 36.7 Å². The molecule has 3 amide bonds. The summed E-state index contributed by atoms with van der Waals surface area (Å²) in [5.41, 5.74) is 0.829. The number of carbonyl (C=O) groups excluding carboxylic acids is 2. The first kappa shape index (κ1) is 26.3. The van der Waals surface area contributed by atoms with Crippen LogP contribution in [0.4, 0.5) is 20.7 Å². The van der Waals surface area contributed by atoms with E-state index in [4.69, 9.17) is 11.6 Å².